The van der Waals surface area contributed by atoms with Crippen molar-refractivity contribution < 1.29 is 19.1 Å². The van der Waals surface area contributed by atoms with Crippen LogP contribution in [0.5, 0.6) is 0 Å². The molecule has 1 heterocycles. The lowest BCUT2D eigenvalue weighted by Crippen LogP contribution is -2.60. The van der Waals surface area contributed by atoms with Gasteiger partial charge in [-0.3, -0.25) is 14.5 Å². The summed E-state index contributed by atoms with van der Waals surface area (Å²) in [5.74, 6) is -1.34. The summed E-state index contributed by atoms with van der Waals surface area (Å²) in [6, 6.07) is 14.0. The Balaban J connectivity index is 1.83. The summed E-state index contributed by atoms with van der Waals surface area (Å²) in [6.45, 7) is 4.83. The second-order valence-electron chi connectivity index (χ2n) is 6.98. The van der Waals surface area contributed by atoms with E-state index in [4.69, 9.17) is 4.74 Å². The van der Waals surface area contributed by atoms with Gasteiger partial charge in [0.25, 0.3) is 5.91 Å². The number of nitrogens with zero attached hydrogens (tertiary/aromatic N) is 1. The zero-order chi connectivity index (χ0) is 20.5. The van der Waals surface area contributed by atoms with E-state index in [0.717, 1.165) is 4.90 Å². The number of anilines is 2. The number of nitrogens with one attached hydrogen (secondary N) is 1. The van der Waals surface area contributed by atoms with Crippen molar-refractivity contribution in [1.29, 1.82) is 0 Å². The van der Waals surface area contributed by atoms with E-state index in [1.807, 2.05) is 18.4 Å². The molecule has 0 bridgehead atoms. The van der Waals surface area contributed by atoms with Crippen molar-refractivity contribution in [1.82, 2.24) is 0 Å². The van der Waals surface area contributed by atoms with Gasteiger partial charge in [0.1, 0.15) is 5.54 Å². The summed E-state index contributed by atoms with van der Waals surface area (Å²) >= 11 is 1.57. The lowest BCUT2D eigenvalue weighted by Gasteiger charge is -2.42. The third-order valence-corrected chi connectivity index (χ3v) is 5.43. The van der Waals surface area contributed by atoms with Crippen molar-refractivity contribution in [2.75, 3.05) is 16.5 Å². The van der Waals surface area contributed by atoms with Gasteiger partial charge in [-0.15, -0.1) is 11.8 Å². The third-order valence-electron chi connectivity index (χ3n) is 4.69. The van der Waals surface area contributed by atoms with Crippen molar-refractivity contribution in [2.24, 2.45) is 0 Å². The Morgan fingerprint density at radius 2 is 1.75 bits per heavy atom. The highest BCUT2D eigenvalue weighted by atomic mass is 32.2. The van der Waals surface area contributed by atoms with Gasteiger partial charge >= 0.3 is 5.97 Å². The highest BCUT2D eigenvalue weighted by Crippen LogP contribution is 2.37. The minimum absolute atomic E-state index is 0.300. The minimum atomic E-state index is -1.12. The van der Waals surface area contributed by atoms with Gasteiger partial charge in [0, 0.05) is 4.90 Å². The maximum absolute atomic E-state index is 13.2. The summed E-state index contributed by atoms with van der Waals surface area (Å²) in [6.07, 6.45) is 0.897. The van der Waals surface area contributed by atoms with Crippen LogP contribution in [0.25, 0.3) is 0 Å². The maximum Gasteiger partial charge on any atom is 0.338 e. The predicted octanol–water partition coefficient (Wildman–Crippen LogP) is 3.72. The number of hydrogen-bond acceptors (Lipinski definition) is 5. The van der Waals surface area contributed by atoms with Gasteiger partial charge in [-0.05, 0) is 63.4 Å². The van der Waals surface area contributed by atoms with Gasteiger partial charge < -0.3 is 10.1 Å². The fourth-order valence-electron chi connectivity index (χ4n) is 3.03. The molecule has 3 rings (SSSR count). The van der Waals surface area contributed by atoms with Gasteiger partial charge in [-0.1, -0.05) is 12.1 Å². The van der Waals surface area contributed by atoms with E-state index in [2.05, 4.69) is 5.32 Å². The molecule has 146 valence electrons. The zero-order valence-corrected chi connectivity index (χ0v) is 17.0. The highest BCUT2D eigenvalue weighted by Gasteiger charge is 2.45. The Morgan fingerprint density at radius 3 is 2.39 bits per heavy atom. The fraction of sp³-hybridized carbons (Fsp3) is 0.286. The number of carbonyl (C=O) groups excluding carboxylic acids is 3. The van der Waals surface area contributed by atoms with E-state index in [0.29, 0.717) is 16.9 Å². The summed E-state index contributed by atoms with van der Waals surface area (Å²) in [5, 5.41) is 2.81. The topological polar surface area (TPSA) is 75.7 Å². The number of esters is 1. The molecule has 2 aromatic carbocycles. The zero-order valence-electron chi connectivity index (χ0n) is 16.2. The monoisotopic (exact) mass is 398 g/mol. The Kier molecular flexibility index (Phi) is 5.47. The lowest BCUT2D eigenvalue weighted by atomic mass is 9.95. The molecule has 1 N–H and O–H groups in total. The maximum atomic E-state index is 13.2. The molecule has 2 aromatic rings. The van der Waals surface area contributed by atoms with Crippen LogP contribution in [0.4, 0.5) is 11.4 Å². The molecule has 0 aromatic heterocycles. The highest BCUT2D eigenvalue weighted by molar-refractivity contribution is 7.98. The van der Waals surface area contributed by atoms with Crippen LogP contribution >= 0.6 is 11.8 Å². The van der Waals surface area contributed by atoms with Crippen LogP contribution in [0.1, 0.15) is 31.1 Å². The number of rotatable bonds is 4. The van der Waals surface area contributed by atoms with Crippen LogP contribution in [0.2, 0.25) is 0 Å². The van der Waals surface area contributed by atoms with E-state index in [9.17, 15) is 14.4 Å². The molecule has 0 saturated carbocycles. The molecule has 0 radical (unpaired) electrons. The molecule has 1 aliphatic rings. The van der Waals surface area contributed by atoms with E-state index in [-0.39, 0.29) is 5.91 Å². The molecule has 0 saturated heterocycles. The van der Waals surface area contributed by atoms with Crippen LogP contribution in [0.15, 0.2) is 53.4 Å². The van der Waals surface area contributed by atoms with Crippen molar-refractivity contribution in [2.45, 2.75) is 37.3 Å². The average molecular weight is 398 g/mol. The first-order valence-electron chi connectivity index (χ1n) is 8.85. The number of fused-ring (bicyclic) bond motifs is 1. The van der Waals surface area contributed by atoms with Gasteiger partial charge in [0.05, 0.1) is 16.9 Å². The molecule has 28 heavy (non-hydrogen) atoms. The van der Waals surface area contributed by atoms with Gasteiger partial charge in [-0.25, -0.2) is 4.79 Å². The van der Waals surface area contributed by atoms with Crippen LogP contribution in [-0.2, 0) is 14.3 Å². The van der Waals surface area contributed by atoms with Crippen LogP contribution in [-0.4, -0.2) is 35.7 Å². The van der Waals surface area contributed by atoms with Crippen LogP contribution < -0.4 is 10.2 Å². The standard InChI is InChI=1S/C21H22N2O4S/c1-13(27-19(25)14-9-11-15(28-4)12-10-14)18(24)23-17-8-6-5-7-16(17)22-20(26)21(23,2)3/h5-13H,1-4H3,(H,22,26)/t13-/m0/s1. The normalized spacial score (nSPS) is 16.0. The van der Waals surface area contributed by atoms with Crippen LogP contribution in [0.3, 0.4) is 0 Å². The number of hydrogen-bond donors (Lipinski definition) is 1. The number of para-hydroxylation sites is 2. The molecule has 1 atom stereocenters. The number of benzene rings is 2. The Morgan fingerprint density at radius 1 is 1.11 bits per heavy atom. The first kappa shape index (κ1) is 19.9. The van der Waals surface area contributed by atoms with E-state index < -0.39 is 23.5 Å². The van der Waals surface area contributed by atoms with E-state index in [1.165, 1.54) is 11.8 Å². The second kappa shape index (κ2) is 7.67. The number of thioether (sulfide) groups is 1. The number of amides is 2. The van der Waals surface area contributed by atoms with Crippen molar-refractivity contribution >= 4 is 40.9 Å². The lowest BCUT2D eigenvalue weighted by molar-refractivity contribution is -0.131. The quantitative estimate of drug-likeness (QED) is 0.628. The van der Waals surface area contributed by atoms with E-state index in [1.54, 1.807) is 62.0 Å². The predicted molar refractivity (Wildman–Crippen MR) is 110 cm³/mol. The number of ether oxygens (including phenoxy) is 1. The Hall–Kier alpha value is -2.80. The molecular weight excluding hydrogens is 376 g/mol. The summed E-state index contributed by atoms with van der Waals surface area (Å²) in [4.78, 5) is 40.5. The van der Waals surface area contributed by atoms with Crippen molar-refractivity contribution in [3.05, 3.63) is 54.1 Å². The van der Waals surface area contributed by atoms with Crippen LogP contribution in [0, 0.1) is 0 Å². The molecule has 1 aliphatic heterocycles. The first-order chi connectivity index (χ1) is 13.3. The average Bonchev–Trinajstić information content (AvgIpc) is 2.68. The molecule has 0 fully saturated rings. The van der Waals surface area contributed by atoms with Gasteiger partial charge in [-0.2, -0.15) is 0 Å². The van der Waals surface area contributed by atoms with Gasteiger partial charge in [0.15, 0.2) is 6.10 Å². The first-order valence-corrected chi connectivity index (χ1v) is 10.1. The summed E-state index contributed by atoms with van der Waals surface area (Å²) < 4.78 is 5.40. The molecule has 6 nitrogen and oxygen atoms in total. The third kappa shape index (κ3) is 3.62. The Labute approximate surface area is 168 Å². The SMILES string of the molecule is CSc1ccc(C(=O)O[C@@H](C)C(=O)N2c3ccccc3NC(=O)C2(C)C)cc1. The minimum Gasteiger partial charge on any atom is -0.449 e. The Bertz CT molecular complexity index is 924. The molecule has 7 heteroatoms. The molecular formula is C21H22N2O4S. The number of carbonyl (C=O) groups is 3. The fourth-order valence-corrected chi connectivity index (χ4v) is 3.44. The van der Waals surface area contributed by atoms with Crippen molar-refractivity contribution in [3.63, 3.8) is 0 Å². The summed E-state index contributed by atoms with van der Waals surface area (Å²) in [7, 11) is 0. The van der Waals surface area contributed by atoms with E-state index >= 15 is 0 Å². The summed E-state index contributed by atoms with van der Waals surface area (Å²) in [5.41, 5.74) is 0.371. The molecule has 0 unspecified atom stereocenters. The molecule has 0 spiro atoms. The van der Waals surface area contributed by atoms with Gasteiger partial charge in [0.2, 0.25) is 5.91 Å². The molecule has 0 aliphatic carbocycles. The molecule has 2 amide bonds. The second-order valence-corrected chi connectivity index (χ2v) is 7.86. The largest absolute Gasteiger partial charge is 0.449 e. The smallest absolute Gasteiger partial charge is 0.338 e. The van der Waals surface area contributed by atoms with Crippen molar-refractivity contribution in [3.8, 4) is 0 Å².